The first kappa shape index (κ1) is 22.2. The number of hydrogen-bond donors (Lipinski definition) is 0. The number of furan rings is 1. The summed E-state index contributed by atoms with van der Waals surface area (Å²) in [5.74, 6) is 1.18. The van der Waals surface area contributed by atoms with Gasteiger partial charge in [-0.05, 0) is 43.2 Å². The van der Waals surface area contributed by atoms with Crippen LogP contribution in [0.2, 0.25) is 0 Å². The van der Waals surface area contributed by atoms with E-state index in [2.05, 4.69) is 65.6 Å². The Morgan fingerprint density at radius 2 is 1.53 bits per heavy atom. The van der Waals surface area contributed by atoms with E-state index in [-0.39, 0.29) is 11.9 Å². The highest BCUT2D eigenvalue weighted by Crippen LogP contribution is 2.32. The number of carbonyl (C=O) groups excluding carboxylic acids is 1. The Morgan fingerprint density at radius 1 is 0.912 bits per heavy atom. The number of fused-ring (bicyclic) bond motifs is 1. The van der Waals surface area contributed by atoms with Gasteiger partial charge in [-0.3, -0.25) is 9.69 Å². The molecule has 0 bridgehead atoms. The summed E-state index contributed by atoms with van der Waals surface area (Å²) in [5.41, 5.74) is 4.13. The van der Waals surface area contributed by atoms with Crippen LogP contribution in [0.1, 0.15) is 40.2 Å². The minimum absolute atomic E-state index is 0.0396. The number of hydrogen-bond acceptors (Lipinski definition) is 4. The lowest BCUT2D eigenvalue weighted by atomic mass is 9.96. The molecule has 0 N–H and O–H groups in total. The molecule has 1 saturated heterocycles. The van der Waals surface area contributed by atoms with Crippen LogP contribution in [0.15, 0.2) is 83.3 Å². The van der Waals surface area contributed by atoms with Gasteiger partial charge < -0.3 is 14.1 Å². The highest BCUT2D eigenvalue weighted by Gasteiger charge is 2.30. The van der Waals surface area contributed by atoms with Crippen molar-refractivity contribution in [2.24, 2.45) is 0 Å². The van der Waals surface area contributed by atoms with E-state index < -0.39 is 0 Å². The van der Waals surface area contributed by atoms with Crippen LogP contribution in [-0.2, 0) is 0 Å². The van der Waals surface area contributed by atoms with E-state index in [1.165, 1.54) is 11.1 Å². The van der Waals surface area contributed by atoms with E-state index in [1.54, 1.807) is 0 Å². The third-order valence-corrected chi connectivity index (χ3v) is 6.61. The van der Waals surface area contributed by atoms with Crippen molar-refractivity contribution >= 4 is 16.9 Å². The summed E-state index contributed by atoms with van der Waals surface area (Å²) in [7, 11) is 0. The Morgan fingerprint density at radius 3 is 2.12 bits per heavy atom. The zero-order valence-corrected chi connectivity index (χ0v) is 19.7. The van der Waals surface area contributed by atoms with Gasteiger partial charge in [-0.1, -0.05) is 60.7 Å². The fourth-order valence-electron chi connectivity index (χ4n) is 4.87. The summed E-state index contributed by atoms with van der Waals surface area (Å²) in [6.07, 6.45) is 0. The Labute approximate surface area is 200 Å². The number of aryl methyl sites for hydroxylation is 1. The summed E-state index contributed by atoms with van der Waals surface area (Å²) < 4.78 is 11.6. The SMILES string of the molecule is CCOc1ccc2oc(C(=O)N3CCN(C(c4ccccc4)c4ccccc4)CC3)c(C)c2c1. The average molecular weight is 455 g/mol. The van der Waals surface area contributed by atoms with Crippen molar-refractivity contribution in [2.75, 3.05) is 32.8 Å². The molecule has 0 saturated carbocycles. The van der Waals surface area contributed by atoms with Crippen LogP contribution in [-0.4, -0.2) is 48.5 Å². The Balaban J connectivity index is 1.34. The lowest BCUT2D eigenvalue weighted by molar-refractivity contribution is 0.0569. The minimum atomic E-state index is -0.0396. The average Bonchev–Trinajstić information content (AvgIpc) is 3.21. The first-order chi connectivity index (χ1) is 16.7. The van der Waals surface area contributed by atoms with E-state index in [4.69, 9.17) is 9.15 Å². The van der Waals surface area contributed by atoms with Crippen molar-refractivity contribution in [3.8, 4) is 5.75 Å². The number of amides is 1. The summed E-state index contributed by atoms with van der Waals surface area (Å²) >= 11 is 0. The molecule has 3 aromatic carbocycles. The number of rotatable bonds is 6. The number of carbonyl (C=O) groups is 1. The molecule has 34 heavy (non-hydrogen) atoms. The van der Waals surface area contributed by atoms with Gasteiger partial charge in [0.2, 0.25) is 0 Å². The smallest absolute Gasteiger partial charge is 0.289 e. The molecule has 5 rings (SSSR count). The second-order valence-corrected chi connectivity index (χ2v) is 8.70. The van der Waals surface area contributed by atoms with E-state index in [1.807, 2.05) is 36.9 Å². The fraction of sp³-hybridized carbons (Fsp3) is 0.276. The Kier molecular flexibility index (Phi) is 6.37. The van der Waals surface area contributed by atoms with Gasteiger partial charge in [-0.15, -0.1) is 0 Å². The molecule has 174 valence electrons. The Hall–Kier alpha value is -3.57. The van der Waals surface area contributed by atoms with Gasteiger partial charge in [-0.25, -0.2) is 0 Å². The van der Waals surface area contributed by atoms with Crippen LogP contribution in [0.5, 0.6) is 5.75 Å². The lowest BCUT2D eigenvalue weighted by Gasteiger charge is -2.39. The predicted octanol–water partition coefficient (Wildman–Crippen LogP) is 5.69. The molecule has 0 unspecified atom stereocenters. The van der Waals surface area contributed by atoms with Gasteiger partial charge in [0.25, 0.3) is 5.91 Å². The van der Waals surface area contributed by atoms with E-state index in [0.29, 0.717) is 25.5 Å². The van der Waals surface area contributed by atoms with Crippen molar-refractivity contribution in [3.63, 3.8) is 0 Å². The second-order valence-electron chi connectivity index (χ2n) is 8.70. The fourth-order valence-corrected chi connectivity index (χ4v) is 4.87. The zero-order valence-electron chi connectivity index (χ0n) is 19.7. The third-order valence-electron chi connectivity index (χ3n) is 6.61. The van der Waals surface area contributed by atoms with Crippen LogP contribution in [0.3, 0.4) is 0 Å². The molecule has 0 spiro atoms. The lowest BCUT2D eigenvalue weighted by Crippen LogP contribution is -2.49. The minimum Gasteiger partial charge on any atom is -0.494 e. The van der Waals surface area contributed by atoms with Crippen LogP contribution in [0.25, 0.3) is 11.0 Å². The highest BCUT2D eigenvalue weighted by atomic mass is 16.5. The number of nitrogens with zero attached hydrogens (tertiary/aromatic N) is 2. The van der Waals surface area contributed by atoms with Crippen LogP contribution < -0.4 is 4.74 Å². The maximum atomic E-state index is 13.4. The molecule has 5 heteroatoms. The van der Waals surface area contributed by atoms with Crippen molar-refractivity contribution in [2.45, 2.75) is 19.9 Å². The molecule has 1 aliphatic rings. The van der Waals surface area contributed by atoms with E-state index in [9.17, 15) is 4.79 Å². The number of ether oxygens (including phenoxy) is 1. The summed E-state index contributed by atoms with van der Waals surface area (Å²) in [4.78, 5) is 17.8. The number of piperazine rings is 1. The molecule has 5 nitrogen and oxygen atoms in total. The van der Waals surface area contributed by atoms with Gasteiger partial charge in [0.15, 0.2) is 5.76 Å². The van der Waals surface area contributed by atoms with Crippen molar-refractivity contribution < 1.29 is 13.9 Å². The maximum absolute atomic E-state index is 13.4. The van der Waals surface area contributed by atoms with Crippen molar-refractivity contribution in [3.05, 3.63) is 101 Å². The first-order valence-corrected chi connectivity index (χ1v) is 11.9. The van der Waals surface area contributed by atoms with Gasteiger partial charge in [0.05, 0.1) is 12.6 Å². The topological polar surface area (TPSA) is 45.9 Å². The Bertz CT molecular complexity index is 1220. The molecule has 0 aliphatic carbocycles. The number of benzene rings is 3. The van der Waals surface area contributed by atoms with Crippen molar-refractivity contribution in [1.29, 1.82) is 0 Å². The van der Waals surface area contributed by atoms with Gasteiger partial charge in [0, 0.05) is 37.1 Å². The van der Waals surface area contributed by atoms with Crippen LogP contribution in [0, 0.1) is 6.92 Å². The van der Waals surface area contributed by atoms with Gasteiger partial charge >= 0.3 is 0 Å². The molecule has 0 atom stereocenters. The standard InChI is InChI=1S/C29H30N2O3/c1-3-33-24-14-15-26-25(20-24)21(2)28(34-26)29(32)31-18-16-30(17-19-31)27(22-10-6-4-7-11-22)23-12-8-5-9-13-23/h4-15,20,27H,3,16-19H2,1-2H3. The predicted molar refractivity (Wildman–Crippen MR) is 134 cm³/mol. The molecule has 4 aromatic rings. The molecule has 1 amide bonds. The second kappa shape index (κ2) is 9.74. The first-order valence-electron chi connectivity index (χ1n) is 11.9. The largest absolute Gasteiger partial charge is 0.494 e. The third kappa shape index (κ3) is 4.31. The molecule has 2 heterocycles. The zero-order chi connectivity index (χ0) is 23.5. The highest BCUT2D eigenvalue weighted by molar-refractivity contribution is 5.99. The van der Waals surface area contributed by atoms with Crippen LogP contribution in [0.4, 0.5) is 0 Å². The molecule has 1 aliphatic heterocycles. The summed E-state index contributed by atoms with van der Waals surface area (Å²) in [6.45, 7) is 7.44. The molecular formula is C29H30N2O3. The summed E-state index contributed by atoms with van der Waals surface area (Å²) in [5, 5.41) is 0.932. The van der Waals surface area contributed by atoms with Gasteiger partial charge in [-0.2, -0.15) is 0 Å². The monoisotopic (exact) mass is 454 g/mol. The molecule has 0 radical (unpaired) electrons. The normalized spacial score (nSPS) is 14.6. The quantitative estimate of drug-likeness (QED) is 0.376. The van der Waals surface area contributed by atoms with Crippen LogP contribution >= 0.6 is 0 Å². The van der Waals surface area contributed by atoms with E-state index >= 15 is 0 Å². The summed E-state index contributed by atoms with van der Waals surface area (Å²) in [6, 6.07) is 27.1. The maximum Gasteiger partial charge on any atom is 0.289 e. The van der Waals surface area contributed by atoms with E-state index in [0.717, 1.165) is 35.4 Å². The molecule has 1 fully saturated rings. The molecule has 1 aromatic heterocycles. The molecular weight excluding hydrogens is 424 g/mol. The van der Waals surface area contributed by atoms with Gasteiger partial charge in [0.1, 0.15) is 11.3 Å². The van der Waals surface area contributed by atoms with Crippen molar-refractivity contribution in [1.82, 2.24) is 9.80 Å².